The number of non-ortho nitro benzene ring substituents is 2. The third kappa shape index (κ3) is 11.6. The van der Waals surface area contributed by atoms with E-state index in [4.69, 9.17) is 0 Å². The second kappa shape index (κ2) is 17.2. The van der Waals surface area contributed by atoms with Crippen LogP contribution in [0.3, 0.4) is 0 Å². The summed E-state index contributed by atoms with van der Waals surface area (Å²) in [6, 6.07) is 9.42. The Morgan fingerprint density at radius 1 is 0.587 bits per heavy atom. The Morgan fingerprint density at radius 2 is 0.891 bits per heavy atom. The molecule has 0 aliphatic carbocycles. The number of likely N-dealkylation sites (N-methyl/N-ethyl adjacent to an activating group) is 2. The van der Waals surface area contributed by atoms with Crippen molar-refractivity contribution in [2.24, 2.45) is 0 Å². The molecule has 248 valence electrons. The second-order valence-electron chi connectivity index (χ2n) is 10.6. The third-order valence-electron chi connectivity index (χ3n) is 7.18. The molecule has 0 spiro atoms. The summed E-state index contributed by atoms with van der Waals surface area (Å²) in [5.74, 6) is -0.541. The van der Waals surface area contributed by atoms with Gasteiger partial charge in [-0.15, -0.1) is 0 Å². The first-order valence-corrected chi connectivity index (χ1v) is 14.4. The predicted molar refractivity (Wildman–Crippen MR) is 168 cm³/mol. The zero-order valence-corrected chi connectivity index (χ0v) is 25.6. The SMILES string of the molecule is CN1CCN(C(=O)CNC(=O)Nc2ccc([N+](=O)[O-])cc2)CCN(C)CCN(C(=O)CNC(=O)Nc2ccc([N+](=O)[O-])cc2)CC1. The fraction of sp³-hybridized carbons (Fsp3) is 0.429. The van der Waals surface area contributed by atoms with Crippen LogP contribution < -0.4 is 21.3 Å². The van der Waals surface area contributed by atoms with Crippen molar-refractivity contribution in [2.75, 3.05) is 90.2 Å². The Hall–Kier alpha value is -5.36. The number of anilines is 2. The first-order valence-electron chi connectivity index (χ1n) is 14.4. The fourth-order valence-electron chi connectivity index (χ4n) is 4.33. The number of nitro benzene ring substituents is 2. The molecular weight excluding hydrogens is 604 g/mol. The van der Waals surface area contributed by atoms with E-state index < -0.39 is 21.9 Å². The molecular formula is C28H38N10O8. The molecule has 2 aromatic carbocycles. The van der Waals surface area contributed by atoms with E-state index in [9.17, 15) is 39.4 Å². The molecule has 0 aromatic heterocycles. The quantitative estimate of drug-likeness (QED) is 0.236. The van der Waals surface area contributed by atoms with Gasteiger partial charge in [-0.1, -0.05) is 0 Å². The molecule has 46 heavy (non-hydrogen) atoms. The summed E-state index contributed by atoms with van der Waals surface area (Å²) in [6.07, 6.45) is 0. The monoisotopic (exact) mass is 642 g/mol. The molecule has 3 rings (SSSR count). The molecule has 1 fully saturated rings. The maximum Gasteiger partial charge on any atom is 0.319 e. The normalized spacial score (nSPS) is 15.1. The Labute approximate surface area is 265 Å². The van der Waals surface area contributed by atoms with Gasteiger partial charge in [0, 0.05) is 88.0 Å². The van der Waals surface area contributed by atoms with Gasteiger partial charge in [0.05, 0.1) is 22.9 Å². The van der Waals surface area contributed by atoms with Gasteiger partial charge in [0.1, 0.15) is 0 Å². The Morgan fingerprint density at radius 3 is 1.17 bits per heavy atom. The zero-order valence-electron chi connectivity index (χ0n) is 25.6. The number of hydrogen-bond acceptors (Lipinski definition) is 10. The highest BCUT2D eigenvalue weighted by Gasteiger charge is 2.20. The molecule has 1 saturated heterocycles. The smallest absolute Gasteiger partial charge is 0.319 e. The molecule has 0 radical (unpaired) electrons. The van der Waals surface area contributed by atoms with Crippen molar-refractivity contribution in [2.45, 2.75) is 0 Å². The van der Waals surface area contributed by atoms with Crippen LogP contribution in [0.5, 0.6) is 0 Å². The van der Waals surface area contributed by atoms with Gasteiger partial charge in [-0.25, -0.2) is 9.59 Å². The van der Waals surface area contributed by atoms with E-state index in [0.29, 0.717) is 63.7 Å². The number of benzene rings is 2. The van der Waals surface area contributed by atoms with Crippen LogP contribution in [0.2, 0.25) is 0 Å². The van der Waals surface area contributed by atoms with Crippen molar-refractivity contribution in [1.82, 2.24) is 30.2 Å². The number of amides is 6. The lowest BCUT2D eigenvalue weighted by molar-refractivity contribution is -0.385. The summed E-state index contributed by atoms with van der Waals surface area (Å²) in [5.41, 5.74) is 0.480. The van der Waals surface area contributed by atoms with Crippen LogP contribution in [0.4, 0.5) is 32.3 Å². The summed E-state index contributed by atoms with van der Waals surface area (Å²) < 4.78 is 0. The molecule has 1 aliphatic heterocycles. The lowest BCUT2D eigenvalue weighted by atomic mass is 10.3. The lowest BCUT2D eigenvalue weighted by Crippen LogP contribution is -2.50. The van der Waals surface area contributed by atoms with Crippen molar-refractivity contribution < 1.29 is 29.0 Å². The highest BCUT2D eigenvalue weighted by atomic mass is 16.6. The van der Waals surface area contributed by atoms with Gasteiger partial charge in [0.25, 0.3) is 11.4 Å². The maximum atomic E-state index is 13.0. The molecule has 0 saturated carbocycles. The number of nitro groups is 2. The van der Waals surface area contributed by atoms with E-state index in [1.165, 1.54) is 48.5 Å². The Balaban J connectivity index is 1.45. The van der Waals surface area contributed by atoms with Crippen molar-refractivity contribution in [3.8, 4) is 0 Å². The molecule has 1 heterocycles. The Kier molecular flexibility index (Phi) is 13.1. The third-order valence-corrected chi connectivity index (χ3v) is 7.18. The molecule has 1 aliphatic rings. The van der Waals surface area contributed by atoms with E-state index in [2.05, 4.69) is 21.3 Å². The summed E-state index contributed by atoms with van der Waals surface area (Å²) in [7, 11) is 3.74. The number of hydrogen-bond donors (Lipinski definition) is 4. The van der Waals surface area contributed by atoms with E-state index in [0.717, 1.165) is 0 Å². The van der Waals surface area contributed by atoms with Crippen LogP contribution in [-0.2, 0) is 9.59 Å². The van der Waals surface area contributed by atoms with E-state index in [1.54, 1.807) is 9.80 Å². The van der Waals surface area contributed by atoms with Crippen LogP contribution in [0, 0.1) is 20.2 Å². The highest BCUT2D eigenvalue weighted by Crippen LogP contribution is 2.16. The maximum absolute atomic E-state index is 13.0. The number of nitrogens with one attached hydrogen (secondary N) is 4. The van der Waals surface area contributed by atoms with Crippen LogP contribution in [0.1, 0.15) is 0 Å². The van der Waals surface area contributed by atoms with Gasteiger partial charge in [0.15, 0.2) is 0 Å². The number of rotatable bonds is 8. The van der Waals surface area contributed by atoms with Crippen LogP contribution in [-0.4, -0.2) is 133 Å². The van der Waals surface area contributed by atoms with Crippen molar-refractivity contribution >= 4 is 46.6 Å². The van der Waals surface area contributed by atoms with Crippen molar-refractivity contribution in [3.05, 3.63) is 68.8 Å². The molecule has 6 amide bonds. The zero-order chi connectivity index (χ0) is 33.6. The minimum atomic E-state index is -0.617. The minimum absolute atomic E-state index is 0.106. The lowest BCUT2D eigenvalue weighted by Gasteiger charge is -2.32. The van der Waals surface area contributed by atoms with E-state index in [1.807, 2.05) is 23.9 Å². The molecule has 18 nitrogen and oxygen atoms in total. The molecule has 4 N–H and O–H groups in total. The number of nitrogens with zero attached hydrogens (tertiary/aromatic N) is 6. The molecule has 0 bridgehead atoms. The summed E-state index contributed by atoms with van der Waals surface area (Å²) in [5, 5.41) is 31.7. The van der Waals surface area contributed by atoms with Crippen LogP contribution in [0.15, 0.2) is 48.5 Å². The molecule has 2 aromatic rings. The average Bonchev–Trinajstić information content (AvgIpc) is 3.02. The number of carbonyl (C=O) groups is 4. The topological polar surface area (TPSA) is 216 Å². The average molecular weight is 643 g/mol. The summed E-state index contributed by atoms with van der Waals surface area (Å²) >= 11 is 0. The van der Waals surface area contributed by atoms with Crippen molar-refractivity contribution in [3.63, 3.8) is 0 Å². The van der Waals surface area contributed by atoms with Gasteiger partial charge in [-0.3, -0.25) is 29.8 Å². The second-order valence-corrected chi connectivity index (χ2v) is 10.6. The van der Waals surface area contributed by atoms with Gasteiger partial charge in [0.2, 0.25) is 11.8 Å². The molecule has 0 atom stereocenters. The predicted octanol–water partition coefficient (Wildman–Crippen LogP) is 0.981. The first-order chi connectivity index (χ1) is 21.9. The fourth-order valence-corrected chi connectivity index (χ4v) is 4.33. The van der Waals surface area contributed by atoms with Gasteiger partial charge < -0.3 is 40.9 Å². The van der Waals surface area contributed by atoms with Crippen molar-refractivity contribution in [1.29, 1.82) is 0 Å². The van der Waals surface area contributed by atoms with E-state index in [-0.39, 0.29) is 36.3 Å². The molecule has 0 unspecified atom stereocenters. The summed E-state index contributed by atoms with van der Waals surface area (Å²) in [4.78, 5) is 78.3. The molecule has 18 heteroatoms. The number of carbonyl (C=O) groups excluding carboxylic acids is 4. The van der Waals surface area contributed by atoms with Gasteiger partial charge >= 0.3 is 12.1 Å². The minimum Gasteiger partial charge on any atom is -0.339 e. The largest absolute Gasteiger partial charge is 0.339 e. The highest BCUT2D eigenvalue weighted by molar-refractivity contribution is 5.93. The number of urea groups is 2. The Bertz CT molecular complexity index is 1270. The van der Waals surface area contributed by atoms with Crippen LogP contribution in [0.25, 0.3) is 0 Å². The van der Waals surface area contributed by atoms with E-state index >= 15 is 0 Å². The standard InChI is InChI=1S/C28H38N10O8/c1-33-11-15-35(25(39)19-29-27(41)31-21-3-7-23(8-4-21)37(43)44)17-13-34(2)14-18-36(16-12-33)26(40)20-30-28(42)32-22-5-9-24(10-6-22)38(45)46/h3-10H,11-20H2,1-2H3,(H2,29,31,41)(H2,30,32,42). The summed E-state index contributed by atoms with van der Waals surface area (Å²) in [6.45, 7) is 3.18. The van der Waals surface area contributed by atoms with Gasteiger partial charge in [-0.05, 0) is 38.4 Å². The first kappa shape index (κ1) is 35.1. The van der Waals surface area contributed by atoms with Crippen LogP contribution >= 0.6 is 0 Å². The van der Waals surface area contributed by atoms with Gasteiger partial charge in [-0.2, -0.15) is 0 Å².